The summed E-state index contributed by atoms with van der Waals surface area (Å²) in [4.78, 5) is 49.6. The number of amides is 2. The van der Waals surface area contributed by atoms with E-state index in [0.717, 1.165) is 16.6 Å². The highest BCUT2D eigenvalue weighted by atomic mass is 32.2. The number of carbonyl (C=O) groups excluding carboxylic acids is 2. The Labute approximate surface area is 193 Å². The van der Waals surface area contributed by atoms with Crippen LogP contribution in [0, 0.1) is 0 Å². The predicted molar refractivity (Wildman–Crippen MR) is 114 cm³/mol. The van der Waals surface area contributed by atoms with Crippen molar-refractivity contribution in [2.24, 2.45) is 0 Å². The highest BCUT2D eigenvalue weighted by Gasteiger charge is 2.54. The standard InChI is InChI=1S/C18H16N4O7S3/c23-10(4-9-2-1-3-30-9)19-13-15(26)22-14(17(27)28)8(6-31-16(13)22)7-32-18-21-20-11(29-18)5-12(24)25/h1-3,13,16H,4-7H2,(H,19,23)(H,24,25)(H,27,28)/t13?,16-/m1/s1. The van der Waals surface area contributed by atoms with E-state index in [0.29, 0.717) is 11.3 Å². The van der Waals surface area contributed by atoms with Gasteiger partial charge in [0.2, 0.25) is 11.8 Å². The van der Waals surface area contributed by atoms with E-state index in [-0.39, 0.29) is 34.9 Å². The molecule has 2 aliphatic rings. The molecular formula is C18H16N4O7S3. The molecule has 32 heavy (non-hydrogen) atoms. The predicted octanol–water partition coefficient (Wildman–Crippen LogP) is 0.832. The van der Waals surface area contributed by atoms with Gasteiger partial charge >= 0.3 is 11.9 Å². The molecule has 2 atom stereocenters. The van der Waals surface area contributed by atoms with E-state index in [1.54, 1.807) is 0 Å². The fourth-order valence-electron chi connectivity index (χ4n) is 3.24. The third-order valence-electron chi connectivity index (χ3n) is 4.60. The average molecular weight is 497 g/mol. The largest absolute Gasteiger partial charge is 0.481 e. The third-order valence-corrected chi connectivity index (χ3v) is 7.72. The van der Waals surface area contributed by atoms with Crippen molar-refractivity contribution in [2.75, 3.05) is 11.5 Å². The zero-order chi connectivity index (χ0) is 22.8. The van der Waals surface area contributed by atoms with Crippen LogP contribution in [0.3, 0.4) is 0 Å². The minimum absolute atomic E-state index is 0.0513. The van der Waals surface area contributed by atoms with Crippen molar-refractivity contribution < 1.29 is 33.8 Å². The molecule has 168 valence electrons. The molecule has 3 N–H and O–H groups in total. The topological polar surface area (TPSA) is 163 Å². The molecular weight excluding hydrogens is 480 g/mol. The summed E-state index contributed by atoms with van der Waals surface area (Å²) < 4.78 is 5.22. The summed E-state index contributed by atoms with van der Waals surface area (Å²) in [5, 5.41) is 30.0. The van der Waals surface area contributed by atoms with Crippen molar-refractivity contribution in [2.45, 2.75) is 29.5 Å². The van der Waals surface area contributed by atoms with Gasteiger partial charge in [0.05, 0.1) is 6.42 Å². The van der Waals surface area contributed by atoms with E-state index in [4.69, 9.17) is 9.52 Å². The molecule has 0 spiro atoms. The summed E-state index contributed by atoms with van der Waals surface area (Å²) in [5.41, 5.74) is 0.388. The van der Waals surface area contributed by atoms with Crippen LogP contribution in [-0.4, -0.2) is 72.0 Å². The summed E-state index contributed by atoms with van der Waals surface area (Å²) in [7, 11) is 0. The lowest BCUT2D eigenvalue weighted by Crippen LogP contribution is -2.70. The first-order valence-corrected chi connectivity index (χ1v) is 12.1. The number of nitrogens with zero attached hydrogens (tertiary/aromatic N) is 3. The lowest BCUT2D eigenvalue weighted by molar-refractivity contribution is -0.150. The second-order valence-electron chi connectivity index (χ2n) is 6.79. The molecule has 2 amide bonds. The van der Waals surface area contributed by atoms with Crippen molar-refractivity contribution in [1.82, 2.24) is 20.4 Å². The van der Waals surface area contributed by atoms with Crippen LogP contribution in [0.4, 0.5) is 0 Å². The van der Waals surface area contributed by atoms with Gasteiger partial charge in [0.1, 0.15) is 23.5 Å². The number of thioether (sulfide) groups is 2. The van der Waals surface area contributed by atoms with Gasteiger partial charge < -0.3 is 19.9 Å². The fourth-order valence-corrected chi connectivity index (χ4v) is 6.21. The number of rotatable bonds is 9. The van der Waals surface area contributed by atoms with Crippen LogP contribution in [0.15, 0.2) is 38.4 Å². The average Bonchev–Trinajstić information content (AvgIpc) is 3.41. The molecule has 4 rings (SSSR count). The number of carbonyl (C=O) groups is 4. The molecule has 0 aromatic carbocycles. The van der Waals surface area contributed by atoms with Gasteiger partial charge in [-0.1, -0.05) is 17.8 Å². The summed E-state index contributed by atoms with van der Waals surface area (Å²) in [6.45, 7) is 0. The van der Waals surface area contributed by atoms with Gasteiger partial charge in [0.25, 0.3) is 11.1 Å². The van der Waals surface area contributed by atoms with E-state index in [2.05, 4.69) is 15.5 Å². The van der Waals surface area contributed by atoms with Gasteiger partial charge in [0, 0.05) is 16.4 Å². The zero-order valence-corrected chi connectivity index (χ0v) is 18.7. The Hall–Kier alpha value is -2.84. The molecule has 1 unspecified atom stereocenters. The Morgan fingerprint density at radius 2 is 2.09 bits per heavy atom. The van der Waals surface area contributed by atoms with Gasteiger partial charge in [-0.3, -0.25) is 19.3 Å². The number of nitrogens with one attached hydrogen (secondary N) is 1. The zero-order valence-electron chi connectivity index (χ0n) is 16.2. The molecule has 0 saturated carbocycles. The van der Waals surface area contributed by atoms with Crippen LogP contribution in [-0.2, 0) is 32.0 Å². The number of carboxylic acids is 2. The second-order valence-corrected chi connectivity index (χ2v) is 9.85. The lowest BCUT2D eigenvalue weighted by Gasteiger charge is -2.49. The number of thiophene rings is 1. The first kappa shape index (κ1) is 22.4. The van der Waals surface area contributed by atoms with E-state index in [1.165, 1.54) is 28.0 Å². The van der Waals surface area contributed by atoms with Crippen molar-refractivity contribution in [1.29, 1.82) is 0 Å². The first-order chi connectivity index (χ1) is 15.3. The smallest absolute Gasteiger partial charge is 0.352 e. The van der Waals surface area contributed by atoms with Crippen LogP contribution in [0.2, 0.25) is 0 Å². The summed E-state index contributed by atoms with van der Waals surface area (Å²) in [6.07, 6.45) is -0.244. The quantitative estimate of drug-likeness (QED) is 0.333. The molecule has 11 nitrogen and oxygen atoms in total. The first-order valence-electron chi connectivity index (χ1n) is 9.22. The summed E-state index contributed by atoms with van der Waals surface area (Å²) in [6, 6.07) is 2.90. The molecule has 1 fully saturated rings. The van der Waals surface area contributed by atoms with E-state index < -0.39 is 35.7 Å². The molecule has 2 aliphatic heterocycles. The lowest BCUT2D eigenvalue weighted by atomic mass is 10.0. The third kappa shape index (κ3) is 4.66. The number of carboxylic acid groups (broad SMARTS) is 2. The highest BCUT2D eigenvalue weighted by Crippen LogP contribution is 2.41. The molecule has 2 aromatic heterocycles. The number of fused-ring (bicyclic) bond motifs is 1. The molecule has 1 saturated heterocycles. The summed E-state index contributed by atoms with van der Waals surface area (Å²) >= 11 is 3.88. The molecule has 14 heteroatoms. The van der Waals surface area contributed by atoms with E-state index in [9.17, 15) is 24.3 Å². The maximum absolute atomic E-state index is 12.7. The molecule has 0 bridgehead atoms. The fraction of sp³-hybridized carbons (Fsp3) is 0.333. The second kappa shape index (κ2) is 9.34. The number of hydrogen-bond acceptors (Lipinski definition) is 10. The Morgan fingerprint density at radius 1 is 1.28 bits per heavy atom. The number of β-lactam (4-membered cyclic amide) rings is 1. The van der Waals surface area contributed by atoms with Crippen LogP contribution in [0.5, 0.6) is 0 Å². The van der Waals surface area contributed by atoms with Crippen LogP contribution in [0.1, 0.15) is 10.8 Å². The summed E-state index contributed by atoms with van der Waals surface area (Å²) in [5.74, 6) is -2.63. The Balaban J connectivity index is 1.41. The number of hydrogen-bond donors (Lipinski definition) is 3. The van der Waals surface area contributed by atoms with Crippen LogP contribution >= 0.6 is 34.9 Å². The maximum Gasteiger partial charge on any atom is 0.352 e. The number of aromatic nitrogens is 2. The van der Waals surface area contributed by atoms with Crippen molar-refractivity contribution in [3.63, 3.8) is 0 Å². The minimum atomic E-state index is -1.24. The van der Waals surface area contributed by atoms with Crippen molar-refractivity contribution in [3.8, 4) is 0 Å². The van der Waals surface area contributed by atoms with Gasteiger partial charge in [0.15, 0.2) is 0 Å². The molecule has 0 aliphatic carbocycles. The Morgan fingerprint density at radius 3 is 2.78 bits per heavy atom. The highest BCUT2D eigenvalue weighted by molar-refractivity contribution is 8.01. The molecule has 2 aromatic rings. The van der Waals surface area contributed by atoms with Crippen LogP contribution < -0.4 is 5.32 Å². The van der Waals surface area contributed by atoms with Gasteiger partial charge in [-0.15, -0.1) is 33.3 Å². The normalized spacial score (nSPS) is 20.0. The number of aliphatic carboxylic acids is 2. The monoisotopic (exact) mass is 496 g/mol. The van der Waals surface area contributed by atoms with Crippen molar-refractivity contribution in [3.05, 3.63) is 39.6 Å². The van der Waals surface area contributed by atoms with Gasteiger partial charge in [-0.2, -0.15) is 0 Å². The van der Waals surface area contributed by atoms with E-state index >= 15 is 0 Å². The van der Waals surface area contributed by atoms with Crippen molar-refractivity contribution >= 4 is 58.6 Å². The minimum Gasteiger partial charge on any atom is -0.481 e. The Bertz CT molecular complexity index is 1100. The van der Waals surface area contributed by atoms with E-state index in [1.807, 2.05) is 17.5 Å². The van der Waals surface area contributed by atoms with Gasteiger partial charge in [-0.25, -0.2) is 4.79 Å². The van der Waals surface area contributed by atoms with Crippen LogP contribution in [0.25, 0.3) is 0 Å². The van der Waals surface area contributed by atoms with Gasteiger partial charge in [-0.05, 0) is 17.0 Å². The maximum atomic E-state index is 12.7. The SMILES string of the molecule is O=C(O)Cc1nnc(SCC2=C(C(=O)O)N3C(=O)C(NC(=O)Cc4cccs4)[C@H]3SC2)o1. The molecule has 0 radical (unpaired) electrons. The Kier molecular flexibility index (Phi) is 6.53. The molecule has 4 heterocycles.